The van der Waals surface area contributed by atoms with Crippen LogP contribution < -0.4 is 9.64 Å². The maximum atomic E-state index is 13.4. The highest BCUT2D eigenvalue weighted by atomic mass is 16.5. The number of amides is 3. The van der Waals surface area contributed by atoms with Gasteiger partial charge in [0.25, 0.3) is 5.91 Å². The fraction of sp³-hybridized carbons (Fsp3) is 0.250. The van der Waals surface area contributed by atoms with E-state index in [9.17, 15) is 9.59 Å². The van der Waals surface area contributed by atoms with E-state index in [-0.39, 0.29) is 18.0 Å². The molecule has 0 bridgehead atoms. The van der Waals surface area contributed by atoms with Crippen LogP contribution in [0.3, 0.4) is 0 Å². The summed E-state index contributed by atoms with van der Waals surface area (Å²) in [7, 11) is 0. The van der Waals surface area contributed by atoms with E-state index in [2.05, 4.69) is 6.07 Å². The van der Waals surface area contributed by atoms with Gasteiger partial charge in [0.1, 0.15) is 18.4 Å². The van der Waals surface area contributed by atoms with Crippen molar-refractivity contribution >= 4 is 17.6 Å². The van der Waals surface area contributed by atoms with Gasteiger partial charge in [0.05, 0.1) is 23.4 Å². The predicted octanol–water partition coefficient (Wildman–Crippen LogP) is 5.29. The predicted molar refractivity (Wildman–Crippen MR) is 128 cm³/mol. The Hall–Kier alpha value is -4.11. The number of nitriles is 1. The summed E-state index contributed by atoms with van der Waals surface area (Å²) in [4.78, 5) is 29.8. The van der Waals surface area contributed by atoms with Crippen LogP contribution in [0, 0.1) is 18.3 Å². The number of anilines is 1. The summed E-state index contributed by atoms with van der Waals surface area (Å²) in [6, 6.07) is 21.6. The topological polar surface area (TPSA) is 73.6 Å². The van der Waals surface area contributed by atoms with Gasteiger partial charge in [-0.1, -0.05) is 43.3 Å². The number of nitrogens with zero attached hydrogens (tertiary/aromatic N) is 3. The Morgan fingerprint density at radius 1 is 1.03 bits per heavy atom. The number of urea groups is 1. The van der Waals surface area contributed by atoms with Crippen molar-refractivity contribution in [1.29, 1.82) is 5.26 Å². The Balaban J connectivity index is 1.44. The Labute approximate surface area is 199 Å². The van der Waals surface area contributed by atoms with Crippen molar-refractivity contribution in [2.24, 2.45) is 0 Å². The molecule has 2 atom stereocenters. The van der Waals surface area contributed by atoms with E-state index in [0.717, 1.165) is 34.4 Å². The summed E-state index contributed by atoms with van der Waals surface area (Å²) < 4.78 is 6.12. The molecule has 3 aromatic rings. The summed E-state index contributed by atoms with van der Waals surface area (Å²) in [5.74, 6) is 0.590. The molecule has 1 unspecified atom stereocenters. The number of hydrogen-bond donors (Lipinski definition) is 0. The molecule has 2 aliphatic heterocycles. The first kappa shape index (κ1) is 21.7. The second kappa shape index (κ2) is 8.68. The smallest absolute Gasteiger partial charge is 0.332 e. The first-order valence-corrected chi connectivity index (χ1v) is 11.5. The standard InChI is InChI=1S/C28H25N3O3/c1-3-24-22-13-14-26(34-17-20-11-9-19(16-29)10-12-20)18(2)23(22)15-25-27(32)30(28(33)31(24)25)21-7-5-4-6-8-21/h4-14,24-25H,3,15,17H2,1-2H3/t24?,25-/m0/s1. The molecule has 3 aromatic carbocycles. The molecule has 0 saturated carbocycles. The fourth-order valence-electron chi connectivity index (χ4n) is 5.05. The van der Waals surface area contributed by atoms with Gasteiger partial charge in [-0.05, 0) is 65.9 Å². The minimum atomic E-state index is -0.516. The zero-order chi connectivity index (χ0) is 23.8. The van der Waals surface area contributed by atoms with Gasteiger partial charge in [0.2, 0.25) is 0 Å². The van der Waals surface area contributed by atoms with Crippen LogP contribution in [0.25, 0.3) is 0 Å². The minimum absolute atomic E-state index is 0.162. The number of ether oxygens (including phenoxy) is 1. The Morgan fingerprint density at radius 2 is 1.76 bits per heavy atom. The van der Waals surface area contributed by atoms with Crippen LogP contribution in [-0.2, 0) is 17.8 Å². The third kappa shape index (κ3) is 3.50. The van der Waals surface area contributed by atoms with Crippen molar-refractivity contribution in [2.75, 3.05) is 4.90 Å². The lowest BCUT2D eigenvalue weighted by atomic mass is 9.84. The molecule has 0 aliphatic carbocycles. The van der Waals surface area contributed by atoms with Crippen LogP contribution in [0.1, 0.15) is 47.2 Å². The highest BCUT2D eigenvalue weighted by molar-refractivity contribution is 6.21. The molecule has 6 nitrogen and oxygen atoms in total. The van der Waals surface area contributed by atoms with Gasteiger partial charge < -0.3 is 9.64 Å². The van der Waals surface area contributed by atoms with Gasteiger partial charge in [0.15, 0.2) is 0 Å². The van der Waals surface area contributed by atoms with E-state index >= 15 is 0 Å². The summed E-state index contributed by atoms with van der Waals surface area (Å²) in [5, 5.41) is 8.98. The number of benzene rings is 3. The third-order valence-electron chi connectivity index (χ3n) is 6.81. The summed E-state index contributed by atoms with van der Waals surface area (Å²) in [5.41, 5.74) is 5.36. The largest absolute Gasteiger partial charge is 0.489 e. The van der Waals surface area contributed by atoms with Gasteiger partial charge in [-0.15, -0.1) is 0 Å². The number of imide groups is 1. The van der Waals surface area contributed by atoms with Gasteiger partial charge in [-0.25, -0.2) is 9.69 Å². The molecule has 3 amide bonds. The van der Waals surface area contributed by atoms with Crippen LogP contribution >= 0.6 is 0 Å². The summed E-state index contributed by atoms with van der Waals surface area (Å²) in [6.07, 6.45) is 1.19. The van der Waals surface area contributed by atoms with E-state index in [0.29, 0.717) is 24.3 Å². The van der Waals surface area contributed by atoms with Crippen molar-refractivity contribution in [3.63, 3.8) is 0 Å². The van der Waals surface area contributed by atoms with E-state index in [1.54, 1.807) is 29.2 Å². The third-order valence-corrected chi connectivity index (χ3v) is 6.81. The Kier molecular flexibility index (Phi) is 5.54. The molecule has 170 valence electrons. The number of rotatable bonds is 5. The molecule has 1 saturated heterocycles. The highest BCUT2D eigenvalue weighted by Crippen LogP contribution is 2.43. The number of carbonyl (C=O) groups excluding carboxylic acids is 2. The molecule has 2 heterocycles. The van der Waals surface area contributed by atoms with Crippen molar-refractivity contribution in [2.45, 2.75) is 45.4 Å². The average Bonchev–Trinajstić information content (AvgIpc) is 3.12. The summed E-state index contributed by atoms with van der Waals surface area (Å²) in [6.45, 7) is 4.45. The second-order valence-corrected chi connectivity index (χ2v) is 8.70. The molecule has 6 heteroatoms. The maximum Gasteiger partial charge on any atom is 0.332 e. The van der Waals surface area contributed by atoms with Crippen molar-refractivity contribution in [3.8, 4) is 11.8 Å². The fourth-order valence-corrected chi connectivity index (χ4v) is 5.05. The molecule has 2 aliphatic rings. The number of para-hydroxylation sites is 1. The monoisotopic (exact) mass is 451 g/mol. The first-order valence-electron chi connectivity index (χ1n) is 11.5. The lowest BCUT2D eigenvalue weighted by molar-refractivity contribution is -0.120. The average molecular weight is 452 g/mol. The quantitative estimate of drug-likeness (QED) is 0.494. The molecular weight excluding hydrogens is 426 g/mol. The Morgan fingerprint density at radius 3 is 2.44 bits per heavy atom. The number of hydrogen-bond acceptors (Lipinski definition) is 4. The zero-order valence-corrected chi connectivity index (χ0v) is 19.2. The van der Waals surface area contributed by atoms with Crippen LogP contribution in [-0.4, -0.2) is 22.9 Å². The van der Waals surface area contributed by atoms with E-state index in [1.165, 1.54) is 4.90 Å². The van der Waals surface area contributed by atoms with E-state index < -0.39 is 6.04 Å². The van der Waals surface area contributed by atoms with Crippen LogP contribution in [0.15, 0.2) is 66.7 Å². The first-order chi connectivity index (χ1) is 16.5. The molecule has 1 fully saturated rings. The molecule has 0 N–H and O–H groups in total. The van der Waals surface area contributed by atoms with Crippen molar-refractivity contribution in [1.82, 2.24) is 4.90 Å². The highest BCUT2D eigenvalue weighted by Gasteiger charge is 2.51. The van der Waals surface area contributed by atoms with Gasteiger partial charge in [-0.3, -0.25) is 4.79 Å². The molecule has 0 radical (unpaired) electrons. The molecule has 5 rings (SSSR count). The zero-order valence-electron chi connectivity index (χ0n) is 19.2. The molecular formula is C28H25N3O3. The normalized spacial score (nSPS) is 19.0. The maximum absolute atomic E-state index is 13.4. The summed E-state index contributed by atoms with van der Waals surface area (Å²) >= 11 is 0. The number of carbonyl (C=O) groups is 2. The van der Waals surface area contributed by atoms with E-state index in [1.807, 2.05) is 56.3 Å². The van der Waals surface area contributed by atoms with Gasteiger partial charge in [-0.2, -0.15) is 5.26 Å². The lowest BCUT2D eigenvalue weighted by Gasteiger charge is -2.37. The van der Waals surface area contributed by atoms with Crippen LogP contribution in [0.2, 0.25) is 0 Å². The number of fused-ring (bicyclic) bond motifs is 2. The van der Waals surface area contributed by atoms with E-state index in [4.69, 9.17) is 10.00 Å². The SMILES string of the molecule is CCC1c2ccc(OCc3ccc(C#N)cc3)c(C)c2C[C@H]2C(=O)N(c3ccccc3)C(=O)N12. The molecule has 0 aromatic heterocycles. The van der Waals surface area contributed by atoms with Crippen LogP contribution in [0.4, 0.5) is 10.5 Å². The lowest BCUT2D eigenvalue weighted by Crippen LogP contribution is -2.43. The Bertz CT molecular complexity index is 1290. The van der Waals surface area contributed by atoms with Crippen LogP contribution in [0.5, 0.6) is 5.75 Å². The van der Waals surface area contributed by atoms with Gasteiger partial charge in [0, 0.05) is 6.42 Å². The van der Waals surface area contributed by atoms with Crippen molar-refractivity contribution in [3.05, 3.63) is 94.5 Å². The van der Waals surface area contributed by atoms with Crippen molar-refractivity contribution < 1.29 is 14.3 Å². The molecule has 0 spiro atoms. The second-order valence-electron chi connectivity index (χ2n) is 8.70. The minimum Gasteiger partial charge on any atom is -0.489 e. The molecule has 34 heavy (non-hydrogen) atoms. The van der Waals surface area contributed by atoms with Gasteiger partial charge >= 0.3 is 6.03 Å².